The third kappa shape index (κ3) is 16.6. The maximum absolute atomic E-state index is 11.1. The van der Waals surface area contributed by atoms with Gasteiger partial charge < -0.3 is 15.3 Å². The number of hydrogen-bond donors (Lipinski definition) is 1. The Balaban J connectivity index is 0. The van der Waals surface area contributed by atoms with Crippen molar-refractivity contribution in [3.8, 4) is 0 Å². The highest BCUT2D eigenvalue weighted by Crippen LogP contribution is 2.14. The van der Waals surface area contributed by atoms with Gasteiger partial charge in [-0.1, -0.05) is 34.1 Å². The molecule has 168 valence electrons. The van der Waals surface area contributed by atoms with Crippen molar-refractivity contribution in [2.75, 3.05) is 13.2 Å². The SMILES string of the molecule is CC.CC(C)CCOC(C)(C)CC=O.NC(=O)CCCCCN1C(=O)C=CC1=O. The van der Waals surface area contributed by atoms with E-state index in [1.54, 1.807) is 0 Å². The van der Waals surface area contributed by atoms with Crippen molar-refractivity contribution in [2.45, 2.75) is 85.7 Å². The second kappa shape index (κ2) is 16.9. The number of imide groups is 1. The van der Waals surface area contributed by atoms with E-state index >= 15 is 0 Å². The Bertz CT molecular complexity index is 509. The average Bonchev–Trinajstić information content (AvgIpc) is 2.94. The molecule has 0 aliphatic carbocycles. The predicted octanol–water partition coefficient (Wildman–Crippen LogP) is 3.40. The topological polar surface area (TPSA) is 107 Å². The van der Waals surface area contributed by atoms with Gasteiger partial charge in [0.1, 0.15) is 6.29 Å². The van der Waals surface area contributed by atoms with Gasteiger partial charge in [0.05, 0.1) is 5.60 Å². The van der Waals surface area contributed by atoms with Crippen molar-refractivity contribution < 1.29 is 23.9 Å². The van der Waals surface area contributed by atoms with Crippen LogP contribution >= 0.6 is 0 Å². The smallest absolute Gasteiger partial charge is 0.253 e. The fourth-order valence-corrected chi connectivity index (χ4v) is 2.23. The zero-order valence-electron chi connectivity index (χ0n) is 19.0. The van der Waals surface area contributed by atoms with E-state index in [0.717, 1.165) is 25.7 Å². The molecule has 7 heteroatoms. The Hall–Kier alpha value is -2.02. The van der Waals surface area contributed by atoms with Gasteiger partial charge in [-0.2, -0.15) is 0 Å². The average molecular weight is 413 g/mol. The lowest BCUT2D eigenvalue weighted by Gasteiger charge is -2.23. The number of unbranched alkanes of at least 4 members (excludes halogenated alkanes) is 2. The van der Waals surface area contributed by atoms with E-state index in [4.69, 9.17) is 10.5 Å². The highest BCUT2D eigenvalue weighted by molar-refractivity contribution is 6.12. The van der Waals surface area contributed by atoms with Crippen molar-refractivity contribution in [1.82, 2.24) is 4.90 Å². The number of nitrogens with zero attached hydrogens (tertiary/aromatic N) is 1. The summed E-state index contributed by atoms with van der Waals surface area (Å²) in [6.45, 7) is 13.4. The van der Waals surface area contributed by atoms with Crippen molar-refractivity contribution >= 4 is 24.0 Å². The van der Waals surface area contributed by atoms with Crippen molar-refractivity contribution in [1.29, 1.82) is 0 Å². The van der Waals surface area contributed by atoms with Crippen LogP contribution in [0.15, 0.2) is 12.2 Å². The first kappa shape index (κ1) is 29.2. The molecule has 0 aromatic heterocycles. The van der Waals surface area contributed by atoms with Crippen molar-refractivity contribution in [2.24, 2.45) is 11.7 Å². The molecule has 7 nitrogen and oxygen atoms in total. The molecule has 1 aliphatic heterocycles. The van der Waals surface area contributed by atoms with Gasteiger partial charge in [-0.25, -0.2) is 0 Å². The van der Waals surface area contributed by atoms with Crippen LogP contribution in [-0.4, -0.2) is 47.7 Å². The Morgan fingerprint density at radius 1 is 1.14 bits per heavy atom. The first-order valence-corrected chi connectivity index (χ1v) is 10.5. The summed E-state index contributed by atoms with van der Waals surface area (Å²) in [5, 5.41) is 0. The van der Waals surface area contributed by atoms with Gasteiger partial charge in [-0.15, -0.1) is 0 Å². The number of rotatable bonds is 12. The number of ether oxygens (including phenoxy) is 1. The molecule has 0 aromatic rings. The molecule has 0 aromatic carbocycles. The van der Waals surface area contributed by atoms with Gasteiger partial charge in [0.25, 0.3) is 11.8 Å². The molecule has 2 N–H and O–H groups in total. The standard InChI is InChI=1S/C10H14N2O3.C10H20O2.C2H6/c11-8(13)4-2-1-3-7-12-9(14)5-6-10(12)15;1-9(2)5-8-12-10(3,4)6-7-11;1-2/h5-6H,1-4,7H2,(H2,11,13);7,9H,5-6,8H2,1-4H3;1-2H3. The maximum Gasteiger partial charge on any atom is 0.253 e. The molecule has 1 rings (SSSR count). The summed E-state index contributed by atoms with van der Waals surface area (Å²) in [7, 11) is 0. The molecule has 3 amide bonds. The zero-order valence-corrected chi connectivity index (χ0v) is 19.0. The molecule has 29 heavy (non-hydrogen) atoms. The molecule has 0 fully saturated rings. The van der Waals surface area contributed by atoms with E-state index in [0.29, 0.717) is 38.1 Å². The van der Waals surface area contributed by atoms with Gasteiger partial charge in [0, 0.05) is 38.1 Å². The summed E-state index contributed by atoms with van der Waals surface area (Å²) in [5.41, 5.74) is 4.69. The molecule has 1 aliphatic rings. The minimum absolute atomic E-state index is 0.255. The zero-order chi connectivity index (χ0) is 22.9. The van der Waals surface area contributed by atoms with E-state index in [-0.39, 0.29) is 23.3 Å². The monoisotopic (exact) mass is 412 g/mol. The number of amides is 3. The molecule has 0 saturated carbocycles. The van der Waals surface area contributed by atoms with Crippen LogP contribution in [0.5, 0.6) is 0 Å². The molecule has 0 unspecified atom stereocenters. The number of aldehydes is 1. The summed E-state index contributed by atoms with van der Waals surface area (Å²) in [6, 6.07) is 0. The number of carbonyl (C=O) groups is 4. The van der Waals surface area contributed by atoms with Crippen LogP contribution in [0.2, 0.25) is 0 Å². The molecule has 0 bridgehead atoms. The quantitative estimate of drug-likeness (QED) is 0.300. The fourth-order valence-electron chi connectivity index (χ4n) is 2.23. The van der Waals surface area contributed by atoms with Gasteiger partial charge in [-0.05, 0) is 39.0 Å². The lowest BCUT2D eigenvalue weighted by atomic mass is 10.1. The third-order valence-corrected chi connectivity index (χ3v) is 3.97. The Morgan fingerprint density at radius 2 is 1.69 bits per heavy atom. The number of primary amides is 1. The number of hydrogen-bond acceptors (Lipinski definition) is 5. The molecular weight excluding hydrogens is 372 g/mol. The summed E-state index contributed by atoms with van der Waals surface area (Å²) in [4.78, 5) is 44.1. The van der Waals surface area contributed by atoms with E-state index in [1.165, 1.54) is 17.1 Å². The molecule has 0 saturated heterocycles. The number of carbonyl (C=O) groups excluding carboxylic acids is 4. The Morgan fingerprint density at radius 3 is 2.14 bits per heavy atom. The van der Waals surface area contributed by atoms with Crippen LogP contribution in [0.3, 0.4) is 0 Å². The first-order valence-electron chi connectivity index (χ1n) is 10.5. The molecule has 0 spiro atoms. The van der Waals surface area contributed by atoms with E-state index < -0.39 is 0 Å². The third-order valence-electron chi connectivity index (χ3n) is 3.97. The number of nitrogens with two attached hydrogens (primary N) is 1. The van der Waals surface area contributed by atoms with Crippen LogP contribution in [0.1, 0.15) is 80.1 Å². The van der Waals surface area contributed by atoms with Gasteiger partial charge >= 0.3 is 0 Å². The van der Waals surface area contributed by atoms with E-state index in [2.05, 4.69) is 13.8 Å². The van der Waals surface area contributed by atoms with Crippen LogP contribution in [0, 0.1) is 5.92 Å². The van der Waals surface area contributed by atoms with Crippen LogP contribution in [-0.2, 0) is 23.9 Å². The highest BCUT2D eigenvalue weighted by Gasteiger charge is 2.22. The first-order chi connectivity index (χ1) is 13.6. The lowest BCUT2D eigenvalue weighted by molar-refractivity contribution is -0.137. The van der Waals surface area contributed by atoms with Crippen molar-refractivity contribution in [3.05, 3.63) is 12.2 Å². The van der Waals surface area contributed by atoms with Crippen LogP contribution in [0.4, 0.5) is 0 Å². The Labute approximate surface area is 176 Å². The highest BCUT2D eigenvalue weighted by atomic mass is 16.5. The van der Waals surface area contributed by atoms with Crippen molar-refractivity contribution in [3.63, 3.8) is 0 Å². The lowest BCUT2D eigenvalue weighted by Crippen LogP contribution is -2.30. The summed E-state index contributed by atoms with van der Waals surface area (Å²) in [6.07, 6.45) is 7.56. The minimum Gasteiger partial charge on any atom is -0.375 e. The van der Waals surface area contributed by atoms with Gasteiger partial charge in [0.2, 0.25) is 5.91 Å². The summed E-state index contributed by atoms with van der Waals surface area (Å²) < 4.78 is 5.55. The molecular formula is C22H40N2O5. The second-order valence-electron chi connectivity index (χ2n) is 7.60. The summed E-state index contributed by atoms with van der Waals surface area (Å²) >= 11 is 0. The van der Waals surface area contributed by atoms with Crippen LogP contribution < -0.4 is 5.73 Å². The molecule has 0 atom stereocenters. The van der Waals surface area contributed by atoms with Gasteiger partial charge in [-0.3, -0.25) is 19.3 Å². The van der Waals surface area contributed by atoms with E-state index in [9.17, 15) is 19.2 Å². The predicted molar refractivity (Wildman–Crippen MR) is 115 cm³/mol. The normalized spacial score (nSPS) is 13.0. The van der Waals surface area contributed by atoms with E-state index in [1.807, 2.05) is 27.7 Å². The molecule has 1 heterocycles. The van der Waals surface area contributed by atoms with Gasteiger partial charge in [0.15, 0.2) is 0 Å². The fraction of sp³-hybridized carbons (Fsp3) is 0.727. The molecule has 0 radical (unpaired) electrons. The largest absolute Gasteiger partial charge is 0.375 e. The Kier molecular flexibility index (Phi) is 17.0. The summed E-state index contributed by atoms with van der Waals surface area (Å²) in [5.74, 6) is -0.160. The second-order valence-corrected chi connectivity index (χ2v) is 7.60. The minimum atomic E-state index is -0.315. The van der Waals surface area contributed by atoms with Crippen LogP contribution in [0.25, 0.3) is 0 Å². The maximum atomic E-state index is 11.1.